The van der Waals surface area contributed by atoms with Crippen molar-refractivity contribution in [3.05, 3.63) is 9.66 Å². The topological polar surface area (TPSA) is 0 Å². The van der Waals surface area contributed by atoms with Gasteiger partial charge in [0.1, 0.15) is 0 Å². The van der Waals surface area contributed by atoms with Crippen LogP contribution in [0.2, 0.25) is 0 Å². The molecule has 0 N–H and O–H groups in total. The normalized spacial score (nSPS) is 54.6. The number of rotatable bonds is 0. The first-order chi connectivity index (χ1) is 9.53. The molecule has 0 aromatic carbocycles. The lowest BCUT2D eigenvalue weighted by Crippen LogP contribution is -2.51. The van der Waals surface area contributed by atoms with E-state index in [9.17, 15) is 0 Å². The first-order valence-corrected chi connectivity index (χ1v) is 9.95. The summed E-state index contributed by atoms with van der Waals surface area (Å²) in [4.78, 5) is 0. The molecule has 0 aromatic rings. The Morgan fingerprint density at radius 3 is 2.75 bits per heavy atom. The van der Waals surface area contributed by atoms with Gasteiger partial charge >= 0.3 is 0 Å². The standard InChI is InChI=1S/C19H29I/c1-18-9-3-4-16(18)15-6-5-13-12-14(20)7-11-19(13,2)17(15)8-10-18/h7,13,15-17H,3-6,8-12H2,1-2H3/t13?,15-,16-,17-,18-,19-/m0/s1. The van der Waals surface area contributed by atoms with Gasteiger partial charge in [-0.2, -0.15) is 0 Å². The Kier molecular flexibility index (Phi) is 3.33. The number of hydrogen-bond acceptors (Lipinski definition) is 0. The molecule has 0 bridgehead atoms. The van der Waals surface area contributed by atoms with Crippen molar-refractivity contribution >= 4 is 22.6 Å². The van der Waals surface area contributed by atoms with Crippen LogP contribution in [0.3, 0.4) is 0 Å². The lowest BCUT2D eigenvalue weighted by molar-refractivity contribution is -0.0872. The molecule has 0 amide bonds. The van der Waals surface area contributed by atoms with Gasteiger partial charge < -0.3 is 0 Å². The van der Waals surface area contributed by atoms with Crippen molar-refractivity contribution in [1.29, 1.82) is 0 Å². The minimum Gasteiger partial charge on any atom is -0.0747 e. The van der Waals surface area contributed by atoms with Crippen molar-refractivity contribution < 1.29 is 0 Å². The predicted octanol–water partition coefficient (Wildman–Crippen LogP) is 6.35. The minimum atomic E-state index is 0.640. The second kappa shape index (κ2) is 4.73. The fraction of sp³-hybridized carbons (Fsp3) is 0.895. The highest BCUT2D eigenvalue weighted by Crippen LogP contribution is 2.66. The summed E-state index contributed by atoms with van der Waals surface area (Å²) in [6.45, 7) is 5.28. The molecule has 112 valence electrons. The van der Waals surface area contributed by atoms with Crippen molar-refractivity contribution in [3.8, 4) is 0 Å². The van der Waals surface area contributed by atoms with Gasteiger partial charge in [0.05, 0.1) is 0 Å². The molecule has 4 aliphatic carbocycles. The highest BCUT2D eigenvalue weighted by atomic mass is 127. The lowest BCUT2D eigenvalue weighted by atomic mass is 9.46. The van der Waals surface area contributed by atoms with Gasteiger partial charge in [-0.3, -0.25) is 0 Å². The molecule has 0 heterocycles. The van der Waals surface area contributed by atoms with Crippen molar-refractivity contribution in [2.24, 2.45) is 34.5 Å². The molecule has 3 saturated carbocycles. The van der Waals surface area contributed by atoms with Crippen molar-refractivity contribution in [3.63, 3.8) is 0 Å². The van der Waals surface area contributed by atoms with E-state index < -0.39 is 0 Å². The van der Waals surface area contributed by atoms with E-state index >= 15 is 0 Å². The van der Waals surface area contributed by atoms with Crippen LogP contribution in [-0.2, 0) is 0 Å². The molecule has 0 saturated heterocycles. The third kappa shape index (κ3) is 1.90. The second-order valence-corrected chi connectivity index (χ2v) is 10.2. The van der Waals surface area contributed by atoms with Crippen LogP contribution in [0.4, 0.5) is 0 Å². The van der Waals surface area contributed by atoms with Gasteiger partial charge in [-0.15, -0.1) is 0 Å². The molecule has 0 nitrogen and oxygen atoms in total. The van der Waals surface area contributed by atoms with Gasteiger partial charge in [0.25, 0.3) is 0 Å². The molecule has 4 rings (SSSR count). The molecule has 0 radical (unpaired) electrons. The predicted molar refractivity (Wildman–Crippen MR) is 93.8 cm³/mol. The molecule has 4 aliphatic rings. The first-order valence-electron chi connectivity index (χ1n) is 8.87. The van der Waals surface area contributed by atoms with Gasteiger partial charge in [0.15, 0.2) is 0 Å². The second-order valence-electron chi connectivity index (χ2n) is 8.80. The van der Waals surface area contributed by atoms with E-state index in [1.807, 2.05) is 0 Å². The lowest BCUT2D eigenvalue weighted by Gasteiger charge is -2.59. The van der Waals surface area contributed by atoms with Crippen LogP contribution in [0.25, 0.3) is 0 Å². The number of allylic oxidation sites excluding steroid dienone is 2. The van der Waals surface area contributed by atoms with Crippen LogP contribution in [-0.4, -0.2) is 0 Å². The smallest absolute Gasteiger partial charge is 0.0131 e. The summed E-state index contributed by atoms with van der Waals surface area (Å²) in [6.07, 6.45) is 16.1. The molecule has 1 heteroatoms. The summed E-state index contributed by atoms with van der Waals surface area (Å²) in [5, 5.41) is 0. The van der Waals surface area contributed by atoms with Crippen molar-refractivity contribution in [1.82, 2.24) is 0 Å². The maximum absolute atomic E-state index is 2.66. The number of halogens is 1. The fourth-order valence-corrected chi connectivity index (χ4v) is 7.58. The van der Waals surface area contributed by atoms with E-state index in [1.54, 1.807) is 16.4 Å². The van der Waals surface area contributed by atoms with Gasteiger partial charge in [0, 0.05) is 0 Å². The van der Waals surface area contributed by atoms with Gasteiger partial charge in [-0.25, -0.2) is 0 Å². The van der Waals surface area contributed by atoms with Crippen LogP contribution in [0, 0.1) is 34.5 Å². The summed E-state index contributed by atoms with van der Waals surface area (Å²) in [5.74, 6) is 4.18. The highest BCUT2D eigenvalue weighted by Gasteiger charge is 2.56. The molecule has 6 atom stereocenters. The quantitative estimate of drug-likeness (QED) is 0.427. The maximum atomic E-state index is 2.66. The average molecular weight is 384 g/mol. The Morgan fingerprint density at radius 1 is 1.05 bits per heavy atom. The van der Waals surface area contributed by atoms with Crippen LogP contribution >= 0.6 is 22.6 Å². The molecular weight excluding hydrogens is 355 g/mol. The van der Waals surface area contributed by atoms with Crippen LogP contribution in [0.15, 0.2) is 9.66 Å². The summed E-state index contributed by atoms with van der Waals surface area (Å²) < 4.78 is 1.64. The van der Waals surface area contributed by atoms with Crippen LogP contribution in [0.5, 0.6) is 0 Å². The van der Waals surface area contributed by atoms with Crippen LogP contribution < -0.4 is 0 Å². The summed E-state index contributed by atoms with van der Waals surface area (Å²) in [7, 11) is 0. The average Bonchev–Trinajstić information content (AvgIpc) is 2.81. The van der Waals surface area contributed by atoms with Gasteiger partial charge in [0.2, 0.25) is 0 Å². The maximum Gasteiger partial charge on any atom is -0.0131 e. The Bertz CT molecular complexity index is 439. The number of fused-ring (bicyclic) bond motifs is 5. The number of hydrogen-bond donors (Lipinski definition) is 0. The van der Waals surface area contributed by atoms with Crippen molar-refractivity contribution in [2.75, 3.05) is 0 Å². The molecule has 20 heavy (non-hydrogen) atoms. The zero-order valence-electron chi connectivity index (χ0n) is 13.1. The fourth-order valence-electron chi connectivity index (χ4n) is 6.83. The van der Waals surface area contributed by atoms with E-state index in [-0.39, 0.29) is 0 Å². The summed E-state index contributed by atoms with van der Waals surface area (Å²) in [6, 6.07) is 0. The summed E-state index contributed by atoms with van der Waals surface area (Å²) >= 11 is 2.59. The molecular formula is C19H29I. The molecule has 0 aliphatic heterocycles. The third-order valence-corrected chi connectivity index (χ3v) is 8.93. The molecule has 0 aromatic heterocycles. The monoisotopic (exact) mass is 384 g/mol. The SMILES string of the molecule is C[C@@]12CCC[C@H]1[C@@H]1CCC3CC(I)=CC[C@]3(C)[C@H]1CC2. The molecule has 3 fully saturated rings. The van der Waals surface area contributed by atoms with E-state index in [1.165, 1.54) is 44.9 Å². The largest absolute Gasteiger partial charge is 0.0747 e. The van der Waals surface area contributed by atoms with E-state index in [0.717, 1.165) is 29.1 Å². The molecule has 0 spiro atoms. The Hall–Kier alpha value is 0.470. The van der Waals surface area contributed by atoms with E-state index in [0.29, 0.717) is 5.41 Å². The summed E-state index contributed by atoms with van der Waals surface area (Å²) in [5.41, 5.74) is 1.37. The zero-order chi connectivity index (χ0) is 14.0. The highest BCUT2D eigenvalue weighted by molar-refractivity contribution is 14.1. The van der Waals surface area contributed by atoms with Crippen LogP contribution in [0.1, 0.15) is 71.6 Å². The van der Waals surface area contributed by atoms with E-state index in [4.69, 9.17) is 0 Å². The third-order valence-electron chi connectivity index (χ3n) is 8.05. The zero-order valence-corrected chi connectivity index (χ0v) is 15.3. The Balaban J connectivity index is 1.66. The molecule has 1 unspecified atom stereocenters. The van der Waals surface area contributed by atoms with Gasteiger partial charge in [-0.05, 0) is 112 Å². The van der Waals surface area contributed by atoms with Crippen molar-refractivity contribution in [2.45, 2.75) is 71.6 Å². The first kappa shape index (κ1) is 14.1. The van der Waals surface area contributed by atoms with E-state index in [2.05, 4.69) is 42.5 Å². The Morgan fingerprint density at radius 2 is 1.90 bits per heavy atom. The Labute approximate surface area is 138 Å². The minimum absolute atomic E-state index is 0.640. The van der Waals surface area contributed by atoms with Gasteiger partial charge in [-0.1, -0.05) is 26.3 Å².